The first kappa shape index (κ1) is 13.6. The highest BCUT2D eigenvalue weighted by atomic mass is 16.5. The Labute approximate surface area is 113 Å². The molecule has 2 rings (SSSR count). The summed E-state index contributed by atoms with van der Waals surface area (Å²) in [5.74, 6) is -0.759. The van der Waals surface area contributed by atoms with Crippen LogP contribution in [-0.2, 0) is 14.3 Å². The maximum absolute atomic E-state index is 12.3. The van der Waals surface area contributed by atoms with Crippen LogP contribution in [0.3, 0.4) is 0 Å². The third kappa shape index (κ3) is 1.82. The van der Waals surface area contributed by atoms with Crippen LogP contribution < -0.4 is 5.32 Å². The van der Waals surface area contributed by atoms with Crippen molar-refractivity contribution in [2.24, 2.45) is 11.3 Å². The molecular weight excluding hydrogens is 242 g/mol. The molecule has 1 N–H and O–H groups in total. The second-order valence-electron chi connectivity index (χ2n) is 4.79. The molecule has 0 radical (unpaired) electrons. The third-order valence-corrected chi connectivity index (χ3v) is 3.99. The lowest BCUT2D eigenvalue weighted by molar-refractivity contribution is -0.162. The van der Waals surface area contributed by atoms with Crippen LogP contribution in [0.15, 0.2) is 36.1 Å². The Bertz CT molecular complexity index is 490. The second kappa shape index (κ2) is 5.03. The van der Waals surface area contributed by atoms with Crippen LogP contribution in [0, 0.1) is 11.3 Å². The summed E-state index contributed by atoms with van der Waals surface area (Å²) in [6.07, 6.45) is 6.69. The lowest BCUT2D eigenvalue weighted by atomic mass is 9.56. The fourth-order valence-electron chi connectivity index (χ4n) is 2.98. The molecule has 1 aliphatic heterocycles. The molecule has 102 valence electrons. The fourth-order valence-corrected chi connectivity index (χ4v) is 2.98. The number of carbonyl (C=O) groups is 2. The Morgan fingerprint density at radius 1 is 1.63 bits per heavy atom. The van der Waals surface area contributed by atoms with E-state index in [1.807, 2.05) is 19.1 Å². The van der Waals surface area contributed by atoms with Gasteiger partial charge in [0.2, 0.25) is 5.91 Å². The first-order chi connectivity index (χ1) is 9.11. The highest BCUT2D eigenvalue weighted by Gasteiger charge is 2.62. The van der Waals surface area contributed by atoms with E-state index in [2.05, 4.69) is 11.9 Å². The van der Waals surface area contributed by atoms with Crippen molar-refractivity contribution in [2.75, 3.05) is 6.61 Å². The summed E-state index contributed by atoms with van der Waals surface area (Å²) in [5.41, 5.74) is 0.889. The predicted octanol–water partition coefficient (Wildman–Crippen LogP) is 2.09. The average molecular weight is 261 g/mol. The number of ether oxygens (including phenoxy) is 1. The van der Waals surface area contributed by atoms with Crippen molar-refractivity contribution in [3.63, 3.8) is 0 Å². The van der Waals surface area contributed by atoms with Gasteiger partial charge in [-0.25, -0.2) is 0 Å². The van der Waals surface area contributed by atoms with E-state index in [-0.39, 0.29) is 17.8 Å². The van der Waals surface area contributed by atoms with E-state index in [0.717, 1.165) is 11.3 Å². The van der Waals surface area contributed by atoms with Gasteiger partial charge in [0.25, 0.3) is 0 Å². The van der Waals surface area contributed by atoms with Crippen LogP contribution in [0.1, 0.15) is 26.7 Å². The largest absolute Gasteiger partial charge is 0.466 e. The Balaban J connectivity index is 2.41. The molecule has 1 aliphatic carbocycles. The SMILES string of the molecule is C=C/C=C1\C(=C/C)NC(=O)C12CCC2C(=O)OCC. The van der Waals surface area contributed by atoms with E-state index < -0.39 is 5.41 Å². The van der Waals surface area contributed by atoms with E-state index in [9.17, 15) is 9.59 Å². The predicted molar refractivity (Wildman–Crippen MR) is 72.0 cm³/mol. The Kier molecular flexibility index (Phi) is 3.60. The van der Waals surface area contributed by atoms with Crippen LogP contribution in [0.2, 0.25) is 0 Å². The highest BCUT2D eigenvalue weighted by Crippen LogP contribution is 2.57. The van der Waals surface area contributed by atoms with Gasteiger partial charge < -0.3 is 10.1 Å². The number of nitrogens with one attached hydrogen (secondary N) is 1. The van der Waals surface area contributed by atoms with Gasteiger partial charge in [-0.15, -0.1) is 0 Å². The quantitative estimate of drug-likeness (QED) is 0.791. The van der Waals surface area contributed by atoms with Crippen LogP contribution in [0.25, 0.3) is 0 Å². The minimum Gasteiger partial charge on any atom is -0.466 e. The lowest BCUT2D eigenvalue weighted by Gasteiger charge is -2.43. The van der Waals surface area contributed by atoms with Crippen molar-refractivity contribution >= 4 is 11.9 Å². The van der Waals surface area contributed by atoms with E-state index in [4.69, 9.17) is 4.74 Å². The van der Waals surface area contributed by atoms with Crippen LogP contribution >= 0.6 is 0 Å². The molecule has 0 aromatic heterocycles. The second-order valence-corrected chi connectivity index (χ2v) is 4.79. The molecule has 1 amide bonds. The molecule has 1 saturated heterocycles. The van der Waals surface area contributed by atoms with Crippen molar-refractivity contribution < 1.29 is 14.3 Å². The standard InChI is InChI=1S/C15H19NO3/c1-4-7-10-12(5-2)16-14(18)15(10)9-8-11(15)13(17)19-6-3/h4-5,7,11H,1,6,8-9H2,2-3H3,(H,16,18)/b10-7+,12-5+. The van der Waals surface area contributed by atoms with Gasteiger partial charge in [0.05, 0.1) is 17.9 Å². The molecule has 1 spiro atoms. The Morgan fingerprint density at radius 2 is 2.37 bits per heavy atom. The topological polar surface area (TPSA) is 55.4 Å². The zero-order valence-corrected chi connectivity index (χ0v) is 11.4. The van der Waals surface area contributed by atoms with Gasteiger partial charge in [-0.3, -0.25) is 9.59 Å². The molecule has 2 aliphatic rings. The molecule has 19 heavy (non-hydrogen) atoms. The molecule has 0 aromatic carbocycles. The smallest absolute Gasteiger partial charge is 0.310 e. The first-order valence-electron chi connectivity index (χ1n) is 6.59. The number of allylic oxidation sites excluding steroid dienone is 4. The summed E-state index contributed by atoms with van der Waals surface area (Å²) in [6, 6.07) is 0. The van der Waals surface area contributed by atoms with E-state index >= 15 is 0 Å². The van der Waals surface area contributed by atoms with Gasteiger partial charge in [-0.2, -0.15) is 0 Å². The van der Waals surface area contributed by atoms with Gasteiger partial charge in [-0.05, 0) is 32.3 Å². The number of rotatable bonds is 3. The summed E-state index contributed by atoms with van der Waals surface area (Å²) < 4.78 is 5.08. The number of hydrogen-bond donors (Lipinski definition) is 1. The van der Waals surface area contributed by atoms with Crippen molar-refractivity contribution in [1.82, 2.24) is 5.32 Å². The molecule has 0 aromatic rings. The number of amides is 1. The summed E-state index contributed by atoms with van der Waals surface area (Å²) in [6.45, 7) is 7.66. The summed E-state index contributed by atoms with van der Waals surface area (Å²) in [7, 11) is 0. The molecule has 1 saturated carbocycles. The zero-order chi connectivity index (χ0) is 14.0. The minimum atomic E-state index is -0.748. The summed E-state index contributed by atoms with van der Waals surface area (Å²) in [5, 5.41) is 2.86. The molecule has 2 atom stereocenters. The van der Waals surface area contributed by atoms with Crippen LogP contribution in [0.5, 0.6) is 0 Å². The third-order valence-electron chi connectivity index (χ3n) is 3.99. The molecule has 2 fully saturated rings. The van der Waals surface area contributed by atoms with E-state index in [0.29, 0.717) is 19.4 Å². The van der Waals surface area contributed by atoms with E-state index in [1.165, 1.54) is 0 Å². The highest BCUT2D eigenvalue weighted by molar-refractivity contribution is 5.99. The minimum absolute atomic E-state index is 0.0991. The zero-order valence-electron chi connectivity index (χ0n) is 11.4. The van der Waals surface area contributed by atoms with Crippen molar-refractivity contribution in [1.29, 1.82) is 0 Å². The van der Waals surface area contributed by atoms with Crippen LogP contribution in [0.4, 0.5) is 0 Å². The number of carbonyl (C=O) groups excluding carboxylic acids is 2. The normalized spacial score (nSPS) is 33.4. The monoisotopic (exact) mass is 261 g/mol. The van der Waals surface area contributed by atoms with Gasteiger partial charge in [-0.1, -0.05) is 24.8 Å². The Hall–Kier alpha value is -1.84. The Morgan fingerprint density at radius 3 is 2.84 bits per heavy atom. The number of esters is 1. The average Bonchev–Trinajstić information content (AvgIpc) is 2.63. The molecule has 2 unspecified atom stereocenters. The van der Waals surface area contributed by atoms with Gasteiger partial charge in [0.1, 0.15) is 0 Å². The first-order valence-corrected chi connectivity index (χ1v) is 6.59. The van der Waals surface area contributed by atoms with Crippen molar-refractivity contribution in [3.8, 4) is 0 Å². The molecular formula is C15H19NO3. The summed E-state index contributed by atoms with van der Waals surface area (Å²) in [4.78, 5) is 24.3. The maximum Gasteiger partial charge on any atom is 0.310 e. The maximum atomic E-state index is 12.3. The lowest BCUT2D eigenvalue weighted by Crippen LogP contribution is -2.51. The van der Waals surface area contributed by atoms with Gasteiger partial charge in [0, 0.05) is 5.70 Å². The molecule has 4 nitrogen and oxygen atoms in total. The molecule has 4 heteroatoms. The van der Waals surface area contributed by atoms with Crippen LogP contribution in [-0.4, -0.2) is 18.5 Å². The molecule has 1 heterocycles. The van der Waals surface area contributed by atoms with Gasteiger partial charge in [0.15, 0.2) is 0 Å². The number of hydrogen-bond acceptors (Lipinski definition) is 3. The van der Waals surface area contributed by atoms with Crippen molar-refractivity contribution in [3.05, 3.63) is 36.1 Å². The molecule has 0 bridgehead atoms. The van der Waals surface area contributed by atoms with E-state index in [1.54, 1.807) is 13.0 Å². The van der Waals surface area contributed by atoms with Gasteiger partial charge >= 0.3 is 5.97 Å². The van der Waals surface area contributed by atoms with Crippen molar-refractivity contribution in [2.45, 2.75) is 26.7 Å². The fraction of sp³-hybridized carbons (Fsp3) is 0.467. The summed E-state index contributed by atoms with van der Waals surface area (Å²) >= 11 is 0.